The molecule has 7 heteroatoms. The number of carbonyl (C=O) groups is 2. The summed E-state index contributed by atoms with van der Waals surface area (Å²) >= 11 is 0. The predicted molar refractivity (Wildman–Crippen MR) is 123 cm³/mol. The SMILES string of the molecule is COc1ccc(-c2nc(C3CCC(CNC(=O)C[C@@H]4C=CCC4)CC3)[nH]c2C(N)=O)cc1. The minimum absolute atomic E-state index is 0.157. The van der Waals surface area contributed by atoms with Gasteiger partial charge in [-0.2, -0.15) is 0 Å². The van der Waals surface area contributed by atoms with Crippen molar-refractivity contribution in [2.45, 2.75) is 50.9 Å². The average molecular weight is 437 g/mol. The van der Waals surface area contributed by atoms with Crippen molar-refractivity contribution in [1.29, 1.82) is 0 Å². The molecule has 1 heterocycles. The summed E-state index contributed by atoms with van der Waals surface area (Å²) in [4.78, 5) is 32.2. The molecule has 1 aromatic heterocycles. The van der Waals surface area contributed by atoms with Crippen LogP contribution in [-0.4, -0.2) is 35.4 Å². The average Bonchev–Trinajstić information content (AvgIpc) is 3.48. The standard InChI is InChI=1S/C25H32N4O3/c1-32-20-12-10-18(11-13-20)22-23(24(26)31)29-25(28-22)19-8-6-17(7-9-19)15-27-21(30)14-16-4-2-3-5-16/h2,4,10-13,16-17,19H,3,5-9,14-15H2,1H3,(H2,26,31)(H,27,30)(H,28,29)/t16-,17?,19?/m1/s1. The van der Waals surface area contributed by atoms with Crippen LogP contribution in [0.25, 0.3) is 11.3 Å². The molecule has 0 aliphatic heterocycles. The molecule has 170 valence electrons. The lowest BCUT2D eigenvalue weighted by molar-refractivity contribution is -0.121. The number of hydrogen-bond donors (Lipinski definition) is 3. The number of nitrogens with two attached hydrogens (primary N) is 1. The molecule has 4 rings (SSSR count). The summed E-state index contributed by atoms with van der Waals surface area (Å²) in [5, 5.41) is 3.13. The van der Waals surface area contributed by atoms with Crippen LogP contribution in [0.2, 0.25) is 0 Å². The maximum absolute atomic E-state index is 12.2. The summed E-state index contributed by atoms with van der Waals surface area (Å²) in [6.45, 7) is 0.740. The van der Waals surface area contributed by atoms with Gasteiger partial charge < -0.3 is 20.8 Å². The Labute approximate surface area is 188 Å². The number of carbonyl (C=O) groups excluding carboxylic acids is 2. The van der Waals surface area contributed by atoms with Crippen molar-refractivity contribution in [3.63, 3.8) is 0 Å². The predicted octanol–water partition coefficient (Wildman–Crippen LogP) is 3.93. The zero-order valence-electron chi connectivity index (χ0n) is 18.6. The van der Waals surface area contributed by atoms with Crippen LogP contribution >= 0.6 is 0 Å². The molecule has 1 fully saturated rings. The van der Waals surface area contributed by atoms with Gasteiger partial charge in [0.15, 0.2) is 0 Å². The van der Waals surface area contributed by atoms with E-state index in [0.29, 0.717) is 29.6 Å². The van der Waals surface area contributed by atoms with E-state index in [1.54, 1.807) is 7.11 Å². The van der Waals surface area contributed by atoms with Gasteiger partial charge in [-0.05, 0) is 74.6 Å². The second kappa shape index (κ2) is 10.0. The number of amides is 2. The Morgan fingerprint density at radius 1 is 1.16 bits per heavy atom. The molecule has 2 aliphatic rings. The van der Waals surface area contributed by atoms with Gasteiger partial charge in [0.25, 0.3) is 5.91 Å². The number of ether oxygens (including phenoxy) is 1. The Morgan fingerprint density at radius 2 is 1.91 bits per heavy atom. The summed E-state index contributed by atoms with van der Waals surface area (Å²) in [7, 11) is 1.62. The number of aromatic amines is 1. The molecule has 1 saturated carbocycles. The second-order valence-electron chi connectivity index (χ2n) is 8.93. The van der Waals surface area contributed by atoms with Crippen molar-refractivity contribution < 1.29 is 14.3 Å². The normalized spacial score (nSPS) is 22.6. The van der Waals surface area contributed by atoms with Gasteiger partial charge in [0.1, 0.15) is 23.0 Å². The van der Waals surface area contributed by atoms with E-state index in [1.807, 2.05) is 24.3 Å². The van der Waals surface area contributed by atoms with Gasteiger partial charge in [-0.3, -0.25) is 9.59 Å². The molecular formula is C25H32N4O3. The molecule has 1 aromatic carbocycles. The number of hydrogen-bond acceptors (Lipinski definition) is 4. The number of methoxy groups -OCH3 is 1. The van der Waals surface area contributed by atoms with Crippen molar-refractivity contribution >= 4 is 11.8 Å². The van der Waals surface area contributed by atoms with Crippen LogP contribution in [0.5, 0.6) is 5.75 Å². The van der Waals surface area contributed by atoms with Crippen LogP contribution < -0.4 is 15.8 Å². The van der Waals surface area contributed by atoms with Gasteiger partial charge in [-0.1, -0.05) is 12.2 Å². The van der Waals surface area contributed by atoms with Crippen LogP contribution in [-0.2, 0) is 4.79 Å². The summed E-state index contributed by atoms with van der Waals surface area (Å²) in [6.07, 6.45) is 11.1. The molecule has 4 N–H and O–H groups in total. The van der Waals surface area contributed by atoms with E-state index in [4.69, 9.17) is 15.5 Å². The number of nitrogens with one attached hydrogen (secondary N) is 2. The first-order valence-corrected chi connectivity index (χ1v) is 11.5. The highest BCUT2D eigenvalue weighted by Crippen LogP contribution is 2.36. The molecule has 7 nitrogen and oxygen atoms in total. The Morgan fingerprint density at radius 3 is 2.53 bits per heavy atom. The monoisotopic (exact) mass is 436 g/mol. The Kier molecular flexibility index (Phi) is 6.93. The molecule has 0 bridgehead atoms. The molecule has 0 spiro atoms. The molecule has 0 radical (unpaired) electrons. The Balaban J connectivity index is 1.34. The van der Waals surface area contributed by atoms with E-state index < -0.39 is 5.91 Å². The number of H-pyrrole nitrogens is 1. The lowest BCUT2D eigenvalue weighted by Crippen LogP contribution is -2.32. The third-order valence-corrected chi connectivity index (χ3v) is 6.71. The maximum Gasteiger partial charge on any atom is 0.267 e. The minimum Gasteiger partial charge on any atom is -0.497 e. The van der Waals surface area contributed by atoms with Gasteiger partial charge in [-0.15, -0.1) is 0 Å². The van der Waals surface area contributed by atoms with E-state index in [0.717, 1.165) is 62.2 Å². The van der Waals surface area contributed by atoms with Crippen molar-refractivity contribution in [1.82, 2.24) is 15.3 Å². The highest BCUT2D eigenvalue weighted by Gasteiger charge is 2.27. The van der Waals surface area contributed by atoms with E-state index >= 15 is 0 Å². The minimum atomic E-state index is -0.511. The Bertz CT molecular complexity index is 972. The summed E-state index contributed by atoms with van der Waals surface area (Å²) in [5.41, 5.74) is 7.39. The third kappa shape index (κ3) is 5.21. The molecule has 2 aromatic rings. The zero-order chi connectivity index (χ0) is 22.5. The molecule has 0 saturated heterocycles. The van der Waals surface area contributed by atoms with Crippen LogP contribution in [0, 0.1) is 11.8 Å². The third-order valence-electron chi connectivity index (χ3n) is 6.71. The van der Waals surface area contributed by atoms with E-state index in [1.165, 1.54) is 0 Å². The maximum atomic E-state index is 12.2. The van der Waals surface area contributed by atoms with Crippen LogP contribution in [0.3, 0.4) is 0 Å². The summed E-state index contributed by atoms with van der Waals surface area (Å²) in [6, 6.07) is 7.45. The van der Waals surface area contributed by atoms with Crippen LogP contribution in [0.15, 0.2) is 36.4 Å². The largest absolute Gasteiger partial charge is 0.497 e. The fourth-order valence-corrected chi connectivity index (χ4v) is 4.79. The fraction of sp³-hybridized carbons (Fsp3) is 0.480. The van der Waals surface area contributed by atoms with Gasteiger partial charge in [0, 0.05) is 24.4 Å². The second-order valence-corrected chi connectivity index (χ2v) is 8.93. The number of aromatic nitrogens is 2. The van der Waals surface area contributed by atoms with Crippen molar-refractivity contribution in [3.8, 4) is 17.0 Å². The van der Waals surface area contributed by atoms with Crippen LogP contribution in [0.1, 0.15) is 67.2 Å². The number of nitrogens with zero attached hydrogens (tertiary/aromatic N) is 1. The highest BCUT2D eigenvalue weighted by molar-refractivity contribution is 5.97. The molecule has 2 amide bonds. The first kappa shape index (κ1) is 22.1. The number of primary amides is 1. The molecular weight excluding hydrogens is 404 g/mol. The van der Waals surface area contributed by atoms with Gasteiger partial charge in [0.2, 0.25) is 5.91 Å². The van der Waals surface area contributed by atoms with Crippen molar-refractivity contribution in [2.75, 3.05) is 13.7 Å². The van der Waals surface area contributed by atoms with Gasteiger partial charge in [-0.25, -0.2) is 4.98 Å². The molecule has 1 atom stereocenters. The van der Waals surface area contributed by atoms with E-state index in [-0.39, 0.29) is 11.8 Å². The summed E-state index contributed by atoms with van der Waals surface area (Å²) in [5.74, 6) is 2.36. The van der Waals surface area contributed by atoms with E-state index in [9.17, 15) is 9.59 Å². The first-order chi connectivity index (χ1) is 15.5. The molecule has 32 heavy (non-hydrogen) atoms. The zero-order valence-corrected chi connectivity index (χ0v) is 18.6. The Hall–Kier alpha value is -3.09. The van der Waals surface area contributed by atoms with Crippen molar-refractivity contribution in [2.24, 2.45) is 17.6 Å². The van der Waals surface area contributed by atoms with Gasteiger partial charge >= 0.3 is 0 Å². The smallest absolute Gasteiger partial charge is 0.267 e. The molecule has 2 aliphatic carbocycles. The first-order valence-electron chi connectivity index (χ1n) is 11.5. The quantitative estimate of drug-likeness (QED) is 0.545. The van der Waals surface area contributed by atoms with Crippen molar-refractivity contribution in [3.05, 3.63) is 47.9 Å². The number of allylic oxidation sites excluding steroid dienone is 2. The number of rotatable bonds is 8. The molecule has 0 unspecified atom stereocenters. The van der Waals surface area contributed by atoms with Crippen LogP contribution in [0.4, 0.5) is 0 Å². The highest BCUT2D eigenvalue weighted by atomic mass is 16.5. The number of imidazole rings is 1. The lowest BCUT2D eigenvalue weighted by atomic mass is 9.81. The lowest BCUT2D eigenvalue weighted by Gasteiger charge is -2.27. The fourth-order valence-electron chi connectivity index (χ4n) is 4.79. The number of benzene rings is 1. The topological polar surface area (TPSA) is 110 Å². The van der Waals surface area contributed by atoms with Gasteiger partial charge in [0.05, 0.1) is 7.11 Å². The summed E-state index contributed by atoms with van der Waals surface area (Å²) < 4.78 is 5.21. The van der Waals surface area contributed by atoms with E-state index in [2.05, 4.69) is 22.5 Å².